The van der Waals surface area contributed by atoms with Crippen molar-refractivity contribution in [1.82, 2.24) is 4.72 Å². The van der Waals surface area contributed by atoms with Gasteiger partial charge in [-0.3, -0.25) is 4.79 Å². The molecule has 5 nitrogen and oxygen atoms in total. The summed E-state index contributed by atoms with van der Waals surface area (Å²) in [6.07, 6.45) is 0.557. The Bertz CT molecular complexity index is 516. The van der Waals surface area contributed by atoms with Crippen LogP contribution in [-0.4, -0.2) is 28.0 Å². The third kappa shape index (κ3) is 4.64. The number of hydrogen-bond donors (Lipinski definition) is 1. The highest BCUT2D eigenvalue weighted by atomic mass is 35.5. The number of carbonyl (C=O) groups is 1. The Balaban J connectivity index is 2.53. The van der Waals surface area contributed by atoms with Crippen LogP contribution in [0.25, 0.3) is 0 Å². The standard InChI is InChI=1S/C11H14ClNO4S/c1-17-11(14)6-3-7-13-18(15,16)10-5-2-4-9(12)8-10/h2,4-5,8,13H,3,6-7H2,1H3. The van der Waals surface area contributed by atoms with E-state index in [1.807, 2.05) is 0 Å². The van der Waals surface area contributed by atoms with Crippen molar-refractivity contribution < 1.29 is 17.9 Å². The second-order valence-corrected chi connectivity index (χ2v) is 5.74. The van der Waals surface area contributed by atoms with Gasteiger partial charge < -0.3 is 4.74 Å². The number of halogens is 1. The third-order valence-corrected chi connectivity index (χ3v) is 3.88. The van der Waals surface area contributed by atoms with Crippen LogP contribution in [0.15, 0.2) is 29.2 Å². The van der Waals surface area contributed by atoms with Crippen molar-refractivity contribution in [1.29, 1.82) is 0 Å². The summed E-state index contributed by atoms with van der Waals surface area (Å²) in [5.74, 6) is -0.364. The maximum Gasteiger partial charge on any atom is 0.305 e. The van der Waals surface area contributed by atoms with Crippen LogP contribution in [0.2, 0.25) is 5.02 Å². The SMILES string of the molecule is COC(=O)CCCNS(=O)(=O)c1cccc(Cl)c1. The molecule has 0 unspecified atom stereocenters. The average Bonchev–Trinajstić information content (AvgIpc) is 2.34. The second kappa shape index (κ2) is 6.72. The molecule has 0 radical (unpaired) electrons. The first kappa shape index (κ1) is 14.9. The first-order valence-electron chi connectivity index (χ1n) is 5.28. The first-order chi connectivity index (χ1) is 8.45. The summed E-state index contributed by atoms with van der Waals surface area (Å²) < 4.78 is 30.5. The maximum atomic E-state index is 11.8. The Labute approximate surface area is 111 Å². The lowest BCUT2D eigenvalue weighted by atomic mass is 10.3. The molecule has 0 bridgehead atoms. The molecule has 0 aliphatic heterocycles. The highest BCUT2D eigenvalue weighted by Crippen LogP contribution is 2.15. The molecule has 100 valence electrons. The van der Waals surface area contributed by atoms with Crippen molar-refractivity contribution in [2.75, 3.05) is 13.7 Å². The summed E-state index contributed by atoms with van der Waals surface area (Å²) in [6, 6.07) is 5.97. The van der Waals surface area contributed by atoms with Crippen LogP contribution in [0, 0.1) is 0 Å². The van der Waals surface area contributed by atoms with Crippen molar-refractivity contribution >= 4 is 27.6 Å². The van der Waals surface area contributed by atoms with Gasteiger partial charge in [-0.1, -0.05) is 17.7 Å². The summed E-state index contributed by atoms with van der Waals surface area (Å²) in [6.45, 7) is 0.171. The van der Waals surface area contributed by atoms with E-state index in [1.165, 1.54) is 19.2 Å². The fourth-order valence-electron chi connectivity index (χ4n) is 1.26. The second-order valence-electron chi connectivity index (χ2n) is 3.53. The average molecular weight is 292 g/mol. The highest BCUT2D eigenvalue weighted by Gasteiger charge is 2.13. The van der Waals surface area contributed by atoms with Crippen LogP contribution in [0.5, 0.6) is 0 Å². The largest absolute Gasteiger partial charge is 0.469 e. The maximum absolute atomic E-state index is 11.8. The van der Waals surface area contributed by atoms with Gasteiger partial charge in [0.2, 0.25) is 10.0 Å². The molecule has 0 saturated heterocycles. The van der Waals surface area contributed by atoms with Gasteiger partial charge in [-0.2, -0.15) is 0 Å². The van der Waals surface area contributed by atoms with Crippen LogP contribution in [0.1, 0.15) is 12.8 Å². The molecular formula is C11H14ClNO4S. The van der Waals surface area contributed by atoms with Crippen LogP contribution in [0.4, 0.5) is 0 Å². The van der Waals surface area contributed by atoms with Gasteiger partial charge in [-0.15, -0.1) is 0 Å². The van der Waals surface area contributed by atoms with Gasteiger partial charge in [0.15, 0.2) is 0 Å². The number of benzene rings is 1. The summed E-state index contributed by atoms with van der Waals surface area (Å²) in [5, 5.41) is 0.354. The predicted octanol–water partition coefficient (Wildman–Crippen LogP) is 1.57. The Morgan fingerprint density at radius 3 is 2.78 bits per heavy atom. The zero-order chi connectivity index (χ0) is 13.6. The van der Waals surface area contributed by atoms with Crippen LogP contribution >= 0.6 is 11.6 Å². The zero-order valence-corrected chi connectivity index (χ0v) is 11.4. The normalized spacial score (nSPS) is 11.2. The molecule has 18 heavy (non-hydrogen) atoms. The smallest absolute Gasteiger partial charge is 0.305 e. The number of carbonyl (C=O) groups excluding carboxylic acids is 1. The monoisotopic (exact) mass is 291 g/mol. The lowest BCUT2D eigenvalue weighted by Crippen LogP contribution is -2.25. The van der Waals surface area contributed by atoms with Crippen LogP contribution in [-0.2, 0) is 19.6 Å². The Hall–Kier alpha value is -1.11. The molecule has 7 heteroatoms. The van der Waals surface area contributed by atoms with Crippen molar-refractivity contribution in [3.05, 3.63) is 29.3 Å². The van der Waals surface area contributed by atoms with Crippen molar-refractivity contribution in [2.24, 2.45) is 0 Å². The molecule has 1 N–H and O–H groups in total. The van der Waals surface area contributed by atoms with E-state index in [0.29, 0.717) is 11.4 Å². The molecule has 0 heterocycles. The lowest BCUT2D eigenvalue weighted by molar-refractivity contribution is -0.140. The molecule has 0 fully saturated rings. The van der Waals surface area contributed by atoms with E-state index in [2.05, 4.69) is 9.46 Å². The number of hydrogen-bond acceptors (Lipinski definition) is 4. The van der Waals surface area contributed by atoms with Gasteiger partial charge in [0.25, 0.3) is 0 Å². The molecule has 0 aliphatic carbocycles. The van der Waals surface area contributed by atoms with Gasteiger partial charge in [-0.25, -0.2) is 13.1 Å². The van der Waals surface area contributed by atoms with Crippen LogP contribution < -0.4 is 4.72 Å². The van der Waals surface area contributed by atoms with Gasteiger partial charge in [-0.05, 0) is 24.6 Å². The van der Waals surface area contributed by atoms with E-state index in [4.69, 9.17) is 11.6 Å². The minimum Gasteiger partial charge on any atom is -0.469 e. The molecule has 0 amide bonds. The van der Waals surface area contributed by atoms with E-state index in [0.717, 1.165) is 0 Å². The van der Waals surface area contributed by atoms with Crippen LogP contribution in [0.3, 0.4) is 0 Å². The molecule has 0 saturated carbocycles. The quantitative estimate of drug-likeness (QED) is 0.638. The third-order valence-electron chi connectivity index (χ3n) is 2.18. The van der Waals surface area contributed by atoms with Crippen molar-refractivity contribution in [2.45, 2.75) is 17.7 Å². The minimum absolute atomic E-state index is 0.105. The molecule has 1 rings (SSSR count). The number of methoxy groups -OCH3 is 1. The van der Waals surface area contributed by atoms with Crippen molar-refractivity contribution in [3.63, 3.8) is 0 Å². The van der Waals surface area contributed by atoms with Gasteiger partial charge >= 0.3 is 5.97 Å². The number of nitrogens with one attached hydrogen (secondary N) is 1. The van der Waals surface area contributed by atoms with E-state index < -0.39 is 10.0 Å². The van der Waals surface area contributed by atoms with E-state index in [-0.39, 0.29) is 23.8 Å². The summed E-state index contributed by atoms with van der Waals surface area (Å²) in [5.41, 5.74) is 0. The van der Waals surface area contributed by atoms with Gasteiger partial charge in [0.1, 0.15) is 0 Å². The molecule has 0 spiro atoms. The fourth-order valence-corrected chi connectivity index (χ4v) is 2.63. The number of rotatable bonds is 6. The molecular weight excluding hydrogens is 278 g/mol. The zero-order valence-electron chi connectivity index (χ0n) is 9.85. The summed E-state index contributed by atoms with van der Waals surface area (Å²) in [4.78, 5) is 10.9. The number of sulfonamides is 1. The number of esters is 1. The molecule has 1 aromatic rings. The Kier molecular flexibility index (Phi) is 5.58. The molecule has 0 aliphatic rings. The van der Waals surface area contributed by atoms with Gasteiger partial charge in [0.05, 0.1) is 12.0 Å². The minimum atomic E-state index is -3.57. The molecule has 0 aromatic heterocycles. The van der Waals surface area contributed by atoms with E-state index >= 15 is 0 Å². The topological polar surface area (TPSA) is 72.5 Å². The summed E-state index contributed by atoms with van der Waals surface area (Å²) >= 11 is 5.72. The molecule has 0 atom stereocenters. The van der Waals surface area contributed by atoms with E-state index in [1.54, 1.807) is 12.1 Å². The lowest BCUT2D eigenvalue weighted by Gasteiger charge is -2.06. The highest BCUT2D eigenvalue weighted by molar-refractivity contribution is 7.89. The van der Waals surface area contributed by atoms with Crippen molar-refractivity contribution in [3.8, 4) is 0 Å². The van der Waals surface area contributed by atoms with Gasteiger partial charge in [0, 0.05) is 18.0 Å². The first-order valence-corrected chi connectivity index (χ1v) is 7.14. The Morgan fingerprint density at radius 1 is 1.44 bits per heavy atom. The predicted molar refractivity (Wildman–Crippen MR) is 67.9 cm³/mol. The Morgan fingerprint density at radius 2 is 2.17 bits per heavy atom. The van der Waals surface area contributed by atoms with E-state index in [9.17, 15) is 13.2 Å². The molecule has 1 aromatic carbocycles. The number of ether oxygens (including phenoxy) is 1. The summed E-state index contributed by atoms with van der Waals surface area (Å²) in [7, 11) is -2.28. The fraction of sp³-hybridized carbons (Fsp3) is 0.364.